The molecule has 3 aliphatic rings. The largest absolute Gasteiger partial charge is 0.508 e. The predicted octanol–water partition coefficient (Wildman–Crippen LogP) is 4.08. The van der Waals surface area contributed by atoms with E-state index in [1.165, 1.54) is 11.1 Å². The Bertz CT molecular complexity index is 913. The van der Waals surface area contributed by atoms with E-state index in [1.807, 2.05) is 30.3 Å². The minimum absolute atomic E-state index is 0.0496. The van der Waals surface area contributed by atoms with E-state index in [-0.39, 0.29) is 17.6 Å². The molecule has 0 saturated heterocycles. The number of fused-ring (bicyclic) bond motifs is 5. The van der Waals surface area contributed by atoms with Crippen LogP contribution in [0.25, 0.3) is 0 Å². The SMILES string of the molecule is C[C@]12CC[C@@H]3c4ccc(O)cc4CC[C@H]3[C@@H]1C[C@@H](NCc1ccccc1O)[C@@H]2O. The topological polar surface area (TPSA) is 72.7 Å². The second-order valence-corrected chi connectivity index (χ2v) is 9.64. The molecule has 6 atom stereocenters. The Balaban J connectivity index is 1.36. The van der Waals surface area contributed by atoms with Crippen LogP contribution in [0.5, 0.6) is 11.5 Å². The van der Waals surface area contributed by atoms with Crippen LogP contribution >= 0.6 is 0 Å². The van der Waals surface area contributed by atoms with Crippen LogP contribution in [0.3, 0.4) is 0 Å². The Labute approximate surface area is 172 Å². The van der Waals surface area contributed by atoms with Gasteiger partial charge in [0.25, 0.3) is 0 Å². The maximum atomic E-state index is 11.3. The van der Waals surface area contributed by atoms with E-state index in [4.69, 9.17) is 0 Å². The predicted molar refractivity (Wildman–Crippen MR) is 113 cm³/mol. The molecule has 0 spiro atoms. The van der Waals surface area contributed by atoms with Crippen molar-refractivity contribution in [3.8, 4) is 11.5 Å². The molecule has 0 amide bonds. The lowest BCUT2D eigenvalue weighted by molar-refractivity contribution is -0.0281. The van der Waals surface area contributed by atoms with Crippen molar-refractivity contribution in [3.63, 3.8) is 0 Å². The molecule has 2 fully saturated rings. The van der Waals surface area contributed by atoms with Crippen LogP contribution in [0.1, 0.15) is 55.2 Å². The van der Waals surface area contributed by atoms with Gasteiger partial charge in [0, 0.05) is 18.2 Å². The van der Waals surface area contributed by atoms with E-state index >= 15 is 0 Å². The normalized spacial score (nSPS) is 35.6. The van der Waals surface area contributed by atoms with Gasteiger partial charge in [0.15, 0.2) is 0 Å². The van der Waals surface area contributed by atoms with Gasteiger partial charge < -0.3 is 20.6 Å². The second-order valence-electron chi connectivity index (χ2n) is 9.64. The smallest absolute Gasteiger partial charge is 0.120 e. The minimum atomic E-state index is -0.361. The fourth-order valence-electron chi connectivity index (χ4n) is 6.69. The highest BCUT2D eigenvalue weighted by atomic mass is 16.3. The molecule has 0 radical (unpaired) electrons. The molecule has 5 rings (SSSR count). The molecule has 0 aliphatic heterocycles. The molecule has 4 heteroatoms. The van der Waals surface area contributed by atoms with E-state index in [0.717, 1.165) is 37.7 Å². The number of hydrogen-bond donors (Lipinski definition) is 4. The molecule has 4 nitrogen and oxygen atoms in total. The van der Waals surface area contributed by atoms with Gasteiger partial charge in [0.05, 0.1) is 6.10 Å². The Morgan fingerprint density at radius 1 is 1.10 bits per heavy atom. The molecule has 154 valence electrons. The van der Waals surface area contributed by atoms with Gasteiger partial charge in [-0.25, -0.2) is 0 Å². The Hall–Kier alpha value is -2.04. The third kappa shape index (κ3) is 3.04. The Morgan fingerprint density at radius 2 is 1.93 bits per heavy atom. The lowest BCUT2D eigenvalue weighted by Gasteiger charge is -2.50. The van der Waals surface area contributed by atoms with Crippen molar-refractivity contribution in [2.45, 2.75) is 63.6 Å². The molecular formula is C25H31NO3. The summed E-state index contributed by atoms with van der Waals surface area (Å²) in [7, 11) is 0. The van der Waals surface area contributed by atoms with E-state index in [0.29, 0.717) is 35.8 Å². The first-order valence-electron chi connectivity index (χ1n) is 11.0. The Morgan fingerprint density at radius 3 is 2.76 bits per heavy atom. The number of aliphatic hydroxyl groups excluding tert-OH is 1. The fraction of sp³-hybridized carbons (Fsp3) is 0.520. The second kappa shape index (κ2) is 7.03. The number of benzene rings is 2. The number of nitrogens with one attached hydrogen (secondary N) is 1. The summed E-state index contributed by atoms with van der Waals surface area (Å²) in [5, 5.41) is 34.7. The minimum Gasteiger partial charge on any atom is -0.508 e. The summed E-state index contributed by atoms with van der Waals surface area (Å²) in [6.07, 6.45) is 4.93. The summed E-state index contributed by atoms with van der Waals surface area (Å²) in [4.78, 5) is 0. The van der Waals surface area contributed by atoms with Gasteiger partial charge in [-0.05, 0) is 84.6 Å². The maximum absolute atomic E-state index is 11.3. The fourth-order valence-corrected chi connectivity index (χ4v) is 6.69. The van der Waals surface area contributed by atoms with Crippen LogP contribution in [0, 0.1) is 17.3 Å². The highest BCUT2D eigenvalue weighted by molar-refractivity contribution is 5.40. The van der Waals surface area contributed by atoms with Gasteiger partial charge in [0.1, 0.15) is 11.5 Å². The van der Waals surface area contributed by atoms with Crippen LogP contribution in [0.15, 0.2) is 42.5 Å². The monoisotopic (exact) mass is 393 g/mol. The first-order valence-corrected chi connectivity index (χ1v) is 11.0. The van der Waals surface area contributed by atoms with E-state index < -0.39 is 0 Å². The summed E-state index contributed by atoms with van der Waals surface area (Å²) < 4.78 is 0. The lowest BCUT2D eigenvalue weighted by Crippen LogP contribution is -2.46. The number of para-hydroxylation sites is 1. The van der Waals surface area contributed by atoms with Crippen molar-refractivity contribution < 1.29 is 15.3 Å². The van der Waals surface area contributed by atoms with E-state index in [9.17, 15) is 15.3 Å². The molecule has 2 aromatic rings. The first kappa shape index (κ1) is 19.0. The van der Waals surface area contributed by atoms with Gasteiger partial charge in [-0.15, -0.1) is 0 Å². The number of phenolic OH excluding ortho intramolecular Hbond substituents is 2. The Kier molecular flexibility index (Phi) is 4.60. The first-order chi connectivity index (χ1) is 14.0. The average molecular weight is 394 g/mol. The standard InChI is InChI=1S/C25H31NO3/c1-25-11-10-19-18-9-7-17(27)12-15(18)6-8-20(19)21(25)13-22(24(25)29)26-14-16-4-2-3-5-23(16)28/h2-5,7,9,12,19-22,24,26-29H,6,8,10-11,13-14H2,1H3/t19-,20-,21+,22-,24+,25+/m1/s1. The van der Waals surface area contributed by atoms with Gasteiger partial charge in [-0.1, -0.05) is 31.2 Å². The van der Waals surface area contributed by atoms with Gasteiger partial charge in [-0.3, -0.25) is 0 Å². The van der Waals surface area contributed by atoms with E-state index in [1.54, 1.807) is 6.07 Å². The summed E-state index contributed by atoms with van der Waals surface area (Å²) >= 11 is 0. The number of rotatable bonds is 3. The van der Waals surface area contributed by atoms with Crippen molar-refractivity contribution in [2.75, 3.05) is 0 Å². The third-order valence-electron chi connectivity index (χ3n) is 8.26. The van der Waals surface area contributed by atoms with Crippen molar-refractivity contribution in [1.82, 2.24) is 5.32 Å². The quantitative estimate of drug-likeness (QED) is 0.634. The molecule has 3 aliphatic carbocycles. The zero-order valence-corrected chi connectivity index (χ0v) is 17.0. The van der Waals surface area contributed by atoms with Crippen molar-refractivity contribution in [2.24, 2.45) is 17.3 Å². The number of aromatic hydroxyl groups is 2. The molecule has 0 unspecified atom stereocenters. The maximum Gasteiger partial charge on any atom is 0.120 e. The van der Waals surface area contributed by atoms with Crippen molar-refractivity contribution in [1.29, 1.82) is 0 Å². The van der Waals surface area contributed by atoms with Gasteiger partial charge in [0.2, 0.25) is 0 Å². The molecule has 4 N–H and O–H groups in total. The molecular weight excluding hydrogens is 362 g/mol. The summed E-state index contributed by atoms with van der Waals surface area (Å²) in [6, 6.07) is 13.4. The lowest BCUT2D eigenvalue weighted by atomic mass is 9.55. The molecule has 0 heterocycles. The molecule has 0 bridgehead atoms. The van der Waals surface area contributed by atoms with Crippen molar-refractivity contribution >= 4 is 0 Å². The van der Waals surface area contributed by atoms with Crippen LogP contribution in [-0.4, -0.2) is 27.5 Å². The number of hydrogen-bond acceptors (Lipinski definition) is 4. The van der Waals surface area contributed by atoms with E-state index in [2.05, 4.69) is 18.3 Å². The van der Waals surface area contributed by atoms with Crippen LogP contribution in [0.4, 0.5) is 0 Å². The summed E-state index contributed by atoms with van der Waals surface area (Å²) in [5.74, 6) is 2.31. The van der Waals surface area contributed by atoms with Crippen LogP contribution in [0.2, 0.25) is 0 Å². The van der Waals surface area contributed by atoms with Crippen LogP contribution in [-0.2, 0) is 13.0 Å². The molecule has 2 saturated carbocycles. The van der Waals surface area contributed by atoms with Crippen LogP contribution < -0.4 is 5.32 Å². The van der Waals surface area contributed by atoms with Gasteiger partial charge >= 0.3 is 0 Å². The summed E-state index contributed by atoms with van der Waals surface area (Å²) in [5.41, 5.74) is 3.55. The average Bonchev–Trinajstić information content (AvgIpc) is 2.98. The highest BCUT2D eigenvalue weighted by Crippen LogP contribution is 2.61. The van der Waals surface area contributed by atoms with Gasteiger partial charge in [-0.2, -0.15) is 0 Å². The molecule has 2 aromatic carbocycles. The molecule has 0 aromatic heterocycles. The number of phenols is 2. The zero-order chi connectivity index (χ0) is 20.2. The zero-order valence-electron chi connectivity index (χ0n) is 17.0. The van der Waals surface area contributed by atoms with Crippen molar-refractivity contribution in [3.05, 3.63) is 59.2 Å². The number of aliphatic hydroxyl groups is 1. The third-order valence-corrected chi connectivity index (χ3v) is 8.26. The number of aryl methyl sites for hydroxylation is 1. The summed E-state index contributed by atoms with van der Waals surface area (Å²) in [6.45, 7) is 2.86. The molecule has 29 heavy (non-hydrogen) atoms. The highest BCUT2D eigenvalue weighted by Gasteiger charge is 2.57.